The minimum absolute atomic E-state index is 0.148. The lowest BCUT2D eigenvalue weighted by Gasteiger charge is -2.37. The zero-order valence-electron chi connectivity index (χ0n) is 21.0. The molecule has 0 aromatic carbocycles. The van der Waals surface area contributed by atoms with Gasteiger partial charge in [0.25, 0.3) is 0 Å². The number of amides is 2. The molecule has 0 heterocycles. The summed E-state index contributed by atoms with van der Waals surface area (Å²) < 4.78 is 0. The summed E-state index contributed by atoms with van der Waals surface area (Å²) in [6, 6.07) is 0. The number of hydrogen-bond acceptors (Lipinski definition) is 4. The average molecular weight is 481 g/mol. The Balaban J connectivity index is 2.77. The summed E-state index contributed by atoms with van der Waals surface area (Å²) in [5.74, 6) is -4.35. The summed E-state index contributed by atoms with van der Waals surface area (Å²) in [5.41, 5.74) is -4.08. The van der Waals surface area contributed by atoms with Gasteiger partial charge in [-0.2, -0.15) is 0 Å². The van der Waals surface area contributed by atoms with E-state index in [1.165, 1.54) is 18.6 Å². The zero-order valence-corrected chi connectivity index (χ0v) is 21.0. The van der Waals surface area contributed by atoms with Gasteiger partial charge in [0.05, 0.1) is 0 Å². The molecular formula is C26H44N2O6. The van der Waals surface area contributed by atoms with Gasteiger partial charge in [0, 0.05) is 19.5 Å². The van der Waals surface area contributed by atoms with Crippen LogP contribution in [0.5, 0.6) is 0 Å². The Morgan fingerprint density at radius 2 is 1.18 bits per heavy atom. The third kappa shape index (κ3) is 8.44. The van der Waals surface area contributed by atoms with Crippen LogP contribution in [0.15, 0.2) is 12.2 Å². The van der Waals surface area contributed by atoms with Crippen molar-refractivity contribution in [3.05, 3.63) is 12.2 Å². The van der Waals surface area contributed by atoms with Crippen molar-refractivity contribution in [1.82, 2.24) is 10.6 Å². The summed E-state index contributed by atoms with van der Waals surface area (Å²) in [7, 11) is 0. The van der Waals surface area contributed by atoms with Crippen LogP contribution < -0.4 is 10.6 Å². The second-order valence-electron chi connectivity index (χ2n) is 9.49. The van der Waals surface area contributed by atoms with Crippen LogP contribution in [-0.4, -0.2) is 47.1 Å². The quantitative estimate of drug-likeness (QED) is 0.130. The van der Waals surface area contributed by atoms with Crippen LogP contribution in [0.2, 0.25) is 0 Å². The first-order valence-electron chi connectivity index (χ1n) is 13.0. The van der Waals surface area contributed by atoms with E-state index in [0.29, 0.717) is 13.1 Å². The molecule has 8 nitrogen and oxygen atoms in total. The second kappa shape index (κ2) is 15.5. The second-order valence-corrected chi connectivity index (χ2v) is 9.49. The van der Waals surface area contributed by atoms with E-state index in [2.05, 4.69) is 24.5 Å². The van der Waals surface area contributed by atoms with E-state index in [0.717, 1.165) is 70.6 Å². The average Bonchev–Trinajstić information content (AvgIpc) is 2.82. The maximum atomic E-state index is 13.0. The highest BCUT2D eigenvalue weighted by Gasteiger charge is 2.58. The first-order valence-corrected chi connectivity index (χ1v) is 13.0. The lowest BCUT2D eigenvalue weighted by atomic mass is 9.64. The van der Waals surface area contributed by atoms with Crippen LogP contribution in [-0.2, 0) is 19.2 Å². The lowest BCUT2D eigenvalue weighted by Crippen LogP contribution is -2.56. The highest BCUT2D eigenvalue weighted by Crippen LogP contribution is 2.44. The molecule has 1 rings (SSSR count). The SMILES string of the molecule is CCCCCCCCNC(=O)C1(C(=O)O)C=CCC(C(=O)O)(C(=O)NCCCCCCCC)C1. The third-order valence-corrected chi connectivity index (χ3v) is 6.71. The number of carboxylic acids is 2. The van der Waals surface area contributed by atoms with Gasteiger partial charge in [-0.05, 0) is 19.3 Å². The number of carbonyl (C=O) groups is 4. The Hall–Kier alpha value is -2.38. The fraction of sp³-hybridized carbons (Fsp3) is 0.769. The molecule has 2 amide bonds. The first kappa shape index (κ1) is 29.7. The molecule has 0 aromatic heterocycles. The smallest absolute Gasteiger partial charge is 0.323 e. The lowest BCUT2D eigenvalue weighted by molar-refractivity contribution is -0.163. The molecule has 0 aliphatic heterocycles. The number of rotatable bonds is 18. The molecule has 8 heteroatoms. The first-order chi connectivity index (χ1) is 16.3. The fourth-order valence-electron chi connectivity index (χ4n) is 4.44. The number of carbonyl (C=O) groups excluding carboxylic acids is 2. The van der Waals surface area contributed by atoms with E-state index in [1.54, 1.807) is 0 Å². The van der Waals surface area contributed by atoms with Crippen molar-refractivity contribution in [2.24, 2.45) is 10.8 Å². The highest BCUT2D eigenvalue weighted by atomic mass is 16.4. The van der Waals surface area contributed by atoms with Crippen LogP contribution in [0.3, 0.4) is 0 Å². The predicted molar refractivity (Wildman–Crippen MR) is 131 cm³/mol. The van der Waals surface area contributed by atoms with Gasteiger partial charge in [-0.15, -0.1) is 0 Å². The summed E-state index contributed by atoms with van der Waals surface area (Å²) in [6.07, 6.45) is 14.1. The number of nitrogens with one attached hydrogen (secondary N) is 2. The van der Waals surface area contributed by atoms with Gasteiger partial charge < -0.3 is 20.8 Å². The maximum Gasteiger partial charge on any atom is 0.323 e. The van der Waals surface area contributed by atoms with E-state index >= 15 is 0 Å². The molecule has 0 radical (unpaired) electrons. The largest absolute Gasteiger partial charge is 0.480 e. The van der Waals surface area contributed by atoms with Crippen molar-refractivity contribution in [1.29, 1.82) is 0 Å². The van der Waals surface area contributed by atoms with Gasteiger partial charge in [0.15, 0.2) is 10.8 Å². The maximum absolute atomic E-state index is 13.0. The number of hydrogen-bond donors (Lipinski definition) is 4. The Kier molecular flexibility index (Phi) is 13.5. The van der Waals surface area contributed by atoms with Crippen LogP contribution in [0.25, 0.3) is 0 Å². The van der Waals surface area contributed by atoms with Crippen LogP contribution in [0.1, 0.15) is 104 Å². The normalized spacial score (nSPS) is 21.7. The van der Waals surface area contributed by atoms with Gasteiger partial charge in [-0.1, -0.05) is 90.2 Å². The van der Waals surface area contributed by atoms with Crippen molar-refractivity contribution in [2.75, 3.05) is 13.1 Å². The van der Waals surface area contributed by atoms with E-state index in [-0.39, 0.29) is 6.42 Å². The molecule has 0 saturated carbocycles. The van der Waals surface area contributed by atoms with Crippen molar-refractivity contribution in [2.45, 2.75) is 104 Å². The molecule has 0 saturated heterocycles. The Morgan fingerprint density at radius 1 is 0.706 bits per heavy atom. The standard InChI is InChI=1S/C26H44N2O6/c1-3-5-7-9-11-13-18-27-21(29)25(23(31)32)16-15-17-26(20-25,24(33)34)22(30)28-19-14-12-10-8-6-4-2/h15-16H,3-14,17-20H2,1-2H3,(H,27,29)(H,28,30)(H,31,32)(H,33,34). The summed E-state index contributed by atoms with van der Waals surface area (Å²) >= 11 is 0. The molecule has 0 spiro atoms. The molecule has 1 aliphatic rings. The molecule has 4 N–H and O–H groups in total. The minimum atomic E-state index is -2.09. The topological polar surface area (TPSA) is 133 Å². The van der Waals surface area contributed by atoms with Crippen LogP contribution in [0.4, 0.5) is 0 Å². The monoisotopic (exact) mass is 480 g/mol. The number of allylic oxidation sites excluding steroid dienone is 1. The van der Waals surface area contributed by atoms with Gasteiger partial charge in [0.2, 0.25) is 11.8 Å². The molecule has 194 valence electrons. The predicted octanol–water partition coefficient (Wildman–Crippen LogP) is 4.43. The van der Waals surface area contributed by atoms with E-state index in [1.807, 2.05) is 0 Å². The molecule has 0 bridgehead atoms. The van der Waals surface area contributed by atoms with Gasteiger partial charge in [0.1, 0.15) is 0 Å². The number of aliphatic carboxylic acids is 2. The van der Waals surface area contributed by atoms with Gasteiger partial charge in [-0.3, -0.25) is 19.2 Å². The van der Waals surface area contributed by atoms with Crippen molar-refractivity contribution in [3.8, 4) is 0 Å². The van der Waals surface area contributed by atoms with E-state index < -0.39 is 41.0 Å². The molecule has 0 fully saturated rings. The Bertz CT molecular complexity index is 707. The van der Waals surface area contributed by atoms with E-state index in [4.69, 9.17) is 0 Å². The Morgan fingerprint density at radius 3 is 1.65 bits per heavy atom. The third-order valence-electron chi connectivity index (χ3n) is 6.71. The summed E-state index contributed by atoms with van der Waals surface area (Å²) in [6.45, 7) is 4.91. The molecule has 34 heavy (non-hydrogen) atoms. The summed E-state index contributed by atoms with van der Waals surface area (Å²) in [4.78, 5) is 50.3. The highest BCUT2D eigenvalue weighted by molar-refractivity contribution is 6.09. The van der Waals surface area contributed by atoms with Crippen LogP contribution in [0, 0.1) is 10.8 Å². The van der Waals surface area contributed by atoms with Crippen molar-refractivity contribution >= 4 is 23.8 Å². The summed E-state index contributed by atoms with van der Waals surface area (Å²) in [5, 5.41) is 25.2. The van der Waals surface area contributed by atoms with Crippen molar-refractivity contribution in [3.63, 3.8) is 0 Å². The van der Waals surface area contributed by atoms with Gasteiger partial charge >= 0.3 is 11.9 Å². The van der Waals surface area contributed by atoms with Crippen LogP contribution >= 0.6 is 0 Å². The zero-order chi connectivity index (χ0) is 25.5. The molecule has 2 unspecified atom stereocenters. The molecule has 1 aliphatic carbocycles. The minimum Gasteiger partial charge on any atom is -0.480 e. The number of unbranched alkanes of at least 4 members (excludes halogenated alkanes) is 10. The molecule has 2 atom stereocenters. The van der Waals surface area contributed by atoms with E-state index in [9.17, 15) is 29.4 Å². The van der Waals surface area contributed by atoms with Crippen molar-refractivity contribution < 1.29 is 29.4 Å². The number of carboxylic acid groups (broad SMARTS) is 2. The molecule has 0 aromatic rings. The Labute approximate surface area is 204 Å². The van der Waals surface area contributed by atoms with Gasteiger partial charge in [-0.25, -0.2) is 0 Å². The molecular weight excluding hydrogens is 436 g/mol. The fourth-order valence-corrected chi connectivity index (χ4v) is 4.44.